The Kier molecular flexibility index (Phi) is 5.32. The molecule has 0 radical (unpaired) electrons. The number of benzene rings is 1. The number of carbonyl (C=O) groups is 1. The van der Waals surface area contributed by atoms with Crippen LogP contribution >= 0.6 is 11.8 Å². The summed E-state index contributed by atoms with van der Waals surface area (Å²) in [6.07, 6.45) is 3.12. The molecule has 0 aliphatic heterocycles. The quantitative estimate of drug-likeness (QED) is 0.446. The summed E-state index contributed by atoms with van der Waals surface area (Å²) in [5, 5.41) is 12.4. The molecule has 0 spiro atoms. The van der Waals surface area contributed by atoms with E-state index in [0.29, 0.717) is 6.42 Å². The Hall–Kier alpha value is -2.80. The van der Waals surface area contributed by atoms with E-state index in [2.05, 4.69) is 26.8 Å². The van der Waals surface area contributed by atoms with Crippen LogP contribution in [0.15, 0.2) is 46.0 Å². The van der Waals surface area contributed by atoms with Gasteiger partial charge < -0.3 is 9.73 Å². The molecule has 1 N–H and O–H groups in total. The average molecular weight is 409 g/mol. The van der Waals surface area contributed by atoms with E-state index in [1.54, 1.807) is 6.26 Å². The van der Waals surface area contributed by atoms with E-state index in [9.17, 15) is 4.79 Å². The molecular formula is C22H24N4O2S. The van der Waals surface area contributed by atoms with Crippen molar-refractivity contribution in [3.05, 3.63) is 53.5 Å². The van der Waals surface area contributed by atoms with Gasteiger partial charge in [-0.2, -0.15) is 0 Å². The molecule has 3 aromatic heterocycles. The van der Waals surface area contributed by atoms with Crippen molar-refractivity contribution in [2.75, 3.05) is 5.32 Å². The van der Waals surface area contributed by atoms with Crippen molar-refractivity contribution < 1.29 is 9.21 Å². The van der Waals surface area contributed by atoms with Crippen LogP contribution in [0.25, 0.3) is 16.6 Å². The molecule has 1 amide bonds. The number of nitrogens with zero attached hydrogens (tertiary/aromatic N) is 3. The van der Waals surface area contributed by atoms with Crippen molar-refractivity contribution in [1.29, 1.82) is 0 Å². The summed E-state index contributed by atoms with van der Waals surface area (Å²) in [6, 6.07) is 9.97. The van der Waals surface area contributed by atoms with Crippen molar-refractivity contribution in [1.82, 2.24) is 14.6 Å². The van der Waals surface area contributed by atoms with E-state index in [1.165, 1.54) is 11.8 Å². The first-order chi connectivity index (χ1) is 14.0. The number of hydrogen-bond acceptors (Lipinski definition) is 5. The van der Waals surface area contributed by atoms with Gasteiger partial charge in [0.1, 0.15) is 10.9 Å². The smallest absolute Gasteiger partial charge is 0.237 e. The second kappa shape index (κ2) is 7.91. The molecule has 1 atom stereocenters. The number of anilines is 1. The van der Waals surface area contributed by atoms with E-state index >= 15 is 0 Å². The Morgan fingerprint density at radius 3 is 2.76 bits per heavy atom. The third-order valence-corrected chi connectivity index (χ3v) is 6.39. The molecule has 6 nitrogen and oxygen atoms in total. The zero-order valence-electron chi connectivity index (χ0n) is 17.0. The molecule has 0 saturated carbocycles. The van der Waals surface area contributed by atoms with Gasteiger partial charge in [-0.3, -0.25) is 9.20 Å². The Bertz CT molecular complexity index is 1190. The molecule has 0 fully saturated rings. The average Bonchev–Trinajstić information content (AvgIpc) is 3.30. The van der Waals surface area contributed by atoms with Crippen LogP contribution in [0.5, 0.6) is 0 Å². The fourth-order valence-electron chi connectivity index (χ4n) is 3.41. The summed E-state index contributed by atoms with van der Waals surface area (Å²) in [4.78, 5) is 13.0. The molecule has 150 valence electrons. The van der Waals surface area contributed by atoms with Gasteiger partial charge in [0, 0.05) is 24.2 Å². The first-order valence-corrected chi connectivity index (χ1v) is 10.7. The summed E-state index contributed by atoms with van der Waals surface area (Å²) in [5.74, 6) is 0.842. The van der Waals surface area contributed by atoms with Gasteiger partial charge in [0.15, 0.2) is 5.58 Å². The maximum atomic E-state index is 13.0. The summed E-state index contributed by atoms with van der Waals surface area (Å²) in [6.45, 7) is 8.08. The summed E-state index contributed by atoms with van der Waals surface area (Å²) < 4.78 is 7.65. The van der Waals surface area contributed by atoms with Gasteiger partial charge in [0.05, 0.1) is 22.5 Å². The van der Waals surface area contributed by atoms with E-state index in [1.807, 2.05) is 51.1 Å². The highest BCUT2D eigenvalue weighted by Gasteiger charge is 2.23. The minimum atomic E-state index is -0.276. The standard InChI is InChI=1S/C22H24N4O2S/c1-5-19(21(27)23-15-11-13(3)7-8-14(15)4)29-22-17-12-18-16(9-10-28-18)26(17)20(6-2)24-25-22/h7-12,19H,5-6H2,1-4H3,(H,23,27)/t19-/m0/s1. The summed E-state index contributed by atoms with van der Waals surface area (Å²) >= 11 is 1.45. The topological polar surface area (TPSA) is 72.4 Å². The monoisotopic (exact) mass is 408 g/mol. The molecule has 4 aromatic rings. The van der Waals surface area contributed by atoms with Crippen LogP contribution in [-0.4, -0.2) is 25.8 Å². The van der Waals surface area contributed by atoms with E-state index in [-0.39, 0.29) is 11.2 Å². The van der Waals surface area contributed by atoms with Crippen LogP contribution < -0.4 is 5.32 Å². The number of aromatic nitrogens is 3. The van der Waals surface area contributed by atoms with Gasteiger partial charge >= 0.3 is 0 Å². The maximum Gasteiger partial charge on any atom is 0.237 e. The first-order valence-electron chi connectivity index (χ1n) is 9.80. The van der Waals surface area contributed by atoms with Crippen LogP contribution in [0.3, 0.4) is 0 Å². The normalized spacial score (nSPS) is 12.6. The molecule has 4 rings (SSSR count). The fourth-order valence-corrected chi connectivity index (χ4v) is 4.37. The fraction of sp³-hybridized carbons (Fsp3) is 0.318. The Morgan fingerprint density at radius 1 is 1.17 bits per heavy atom. The molecule has 0 aliphatic carbocycles. The molecular weight excluding hydrogens is 384 g/mol. The van der Waals surface area contributed by atoms with Gasteiger partial charge in [-0.05, 0) is 37.5 Å². The lowest BCUT2D eigenvalue weighted by atomic mass is 10.1. The van der Waals surface area contributed by atoms with Crippen molar-refractivity contribution in [3.8, 4) is 0 Å². The molecule has 0 bridgehead atoms. The van der Waals surface area contributed by atoms with Gasteiger partial charge in [0.25, 0.3) is 0 Å². The maximum absolute atomic E-state index is 13.0. The van der Waals surface area contributed by atoms with E-state index < -0.39 is 0 Å². The molecule has 1 aromatic carbocycles. The predicted molar refractivity (Wildman–Crippen MR) is 117 cm³/mol. The van der Waals surface area contributed by atoms with Crippen LogP contribution in [0.1, 0.15) is 37.2 Å². The molecule has 7 heteroatoms. The van der Waals surface area contributed by atoms with Gasteiger partial charge in [-0.15, -0.1) is 10.2 Å². The highest BCUT2D eigenvalue weighted by molar-refractivity contribution is 8.00. The van der Waals surface area contributed by atoms with E-state index in [0.717, 1.165) is 50.7 Å². The third-order valence-electron chi connectivity index (χ3n) is 5.04. The number of nitrogens with one attached hydrogen (secondary N) is 1. The van der Waals surface area contributed by atoms with Crippen LogP contribution in [0.4, 0.5) is 5.69 Å². The highest BCUT2D eigenvalue weighted by Crippen LogP contribution is 2.32. The minimum absolute atomic E-state index is 0.0269. The van der Waals surface area contributed by atoms with E-state index in [4.69, 9.17) is 4.42 Å². The van der Waals surface area contributed by atoms with Gasteiger partial charge in [0.2, 0.25) is 5.91 Å². The molecule has 29 heavy (non-hydrogen) atoms. The highest BCUT2D eigenvalue weighted by atomic mass is 32.2. The zero-order chi connectivity index (χ0) is 20.5. The number of fused-ring (bicyclic) bond motifs is 3. The second-order valence-electron chi connectivity index (χ2n) is 7.13. The molecule has 0 aliphatic rings. The molecule has 0 saturated heterocycles. The number of thioether (sulfide) groups is 1. The lowest BCUT2D eigenvalue weighted by molar-refractivity contribution is -0.115. The number of furan rings is 1. The molecule has 3 heterocycles. The Balaban J connectivity index is 1.65. The zero-order valence-corrected chi connectivity index (χ0v) is 17.8. The van der Waals surface area contributed by atoms with Crippen molar-refractivity contribution in [3.63, 3.8) is 0 Å². The minimum Gasteiger partial charge on any atom is -0.463 e. The molecule has 0 unspecified atom stereocenters. The number of carbonyl (C=O) groups excluding carboxylic acids is 1. The van der Waals surface area contributed by atoms with Crippen LogP contribution in [0, 0.1) is 13.8 Å². The van der Waals surface area contributed by atoms with Crippen molar-refractivity contribution >= 4 is 40.0 Å². The summed E-state index contributed by atoms with van der Waals surface area (Å²) in [7, 11) is 0. The lowest BCUT2D eigenvalue weighted by Crippen LogP contribution is -2.25. The summed E-state index contributed by atoms with van der Waals surface area (Å²) in [5.41, 5.74) is 5.71. The number of aryl methyl sites for hydroxylation is 3. The van der Waals surface area contributed by atoms with Gasteiger partial charge in [-0.25, -0.2) is 0 Å². The van der Waals surface area contributed by atoms with Crippen LogP contribution in [0.2, 0.25) is 0 Å². The number of amides is 1. The largest absolute Gasteiger partial charge is 0.463 e. The first kappa shape index (κ1) is 19.5. The van der Waals surface area contributed by atoms with Gasteiger partial charge in [-0.1, -0.05) is 37.7 Å². The predicted octanol–water partition coefficient (Wildman–Crippen LogP) is 5.16. The Labute approximate surface area is 173 Å². The number of rotatable bonds is 6. The Morgan fingerprint density at radius 2 is 2.00 bits per heavy atom. The van der Waals surface area contributed by atoms with Crippen LogP contribution in [-0.2, 0) is 11.2 Å². The van der Waals surface area contributed by atoms with Crippen molar-refractivity contribution in [2.45, 2.75) is 50.8 Å². The third kappa shape index (κ3) is 3.62. The second-order valence-corrected chi connectivity index (χ2v) is 8.32. The SMILES string of the molecule is CCc1nnc(S[C@@H](CC)C(=O)Nc2cc(C)ccc2C)c2cc3occc3n12. The van der Waals surface area contributed by atoms with Crippen molar-refractivity contribution in [2.24, 2.45) is 0 Å². The number of hydrogen-bond donors (Lipinski definition) is 1. The lowest BCUT2D eigenvalue weighted by Gasteiger charge is -2.16.